The highest BCUT2D eigenvalue weighted by Gasteiger charge is 2.24. The second-order valence-corrected chi connectivity index (χ2v) is 3.51. The van der Waals surface area contributed by atoms with E-state index < -0.39 is 0 Å². The molecular weight excluding hydrogens is 136 g/mol. The van der Waals surface area contributed by atoms with Crippen molar-refractivity contribution in [1.29, 1.82) is 0 Å². The Morgan fingerprint density at radius 1 is 1.64 bits per heavy atom. The molecule has 0 aromatic carbocycles. The predicted molar refractivity (Wildman–Crippen MR) is 47.3 cm³/mol. The van der Waals surface area contributed by atoms with Gasteiger partial charge in [0.15, 0.2) is 0 Å². The van der Waals surface area contributed by atoms with Crippen LogP contribution in [0.1, 0.15) is 26.2 Å². The van der Waals surface area contributed by atoms with E-state index in [1.165, 1.54) is 5.57 Å². The molecule has 0 heterocycles. The number of hydrogen-bond acceptors (Lipinski definition) is 1. The highest BCUT2D eigenvalue weighted by molar-refractivity contribution is 5.10. The normalized spacial score (nSPS) is 32.0. The summed E-state index contributed by atoms with van der Waals surface area (Å²) in [6.45, 7) is 9.72. The number of rotatable bonds is 1. The smallest absolute Gasteiger partial charge is 0.0642 e. The van der Waals surface area contributed by atoms with Crippen LogP contribution in [0.4, 0.5) is 0 Å². The van der Waals surface area contributed by atoms with Gasteiger partial charge in [-0.2, -0.15) is 0 Å². The average molecular weight is 152 g/mol. The molecule has 0 aliphatic heterocycles. The van der Waals surface area contributed by atoms with E-state index in [1.54, 1.807) is 0 Å². The molecule has 0 saturated heterocycles. The van der Waals surface area contributed by atoms with Crippen molar-refractivity contribution in [3.63, 3.8) is 0 Å². The molecule has 1 aliphatic rings. The van der Waals surface area contributed by atoms with E-state index in [2.05, 4.69) is 13.2 Å². The van der Waals surface area contributed by atoms with Crippen molar-refractivity contribution < 1.29 is 5.11 Å². The Balaban J connectivity index is 2.57. The van der Waals surface area contributed by atoms with Crippen molar-refractivity contribution in [2.24, 2.45) is 5.92 Å². The molecule has 2 atom stereocenters. The molecule has 1 saturated carbocycles. The number of aliphatic hydroxyl groups is 1. The summed E-state index contributed by atoms with van der Waals surface area (Å²) in [5.74, 6) is 0.306. The first-order chi connectivity index (χ1) is 5.11. The fourth-order valence-corrected chi connectivity index (χ4v) is 1.67. The van der Waals surface area contributed by atoms with Crippen LogP contribution in [0.15, 0.2) is 24.3 Å². The van der Waals surface area contributed by atoms with Crippen LogP contribution in [-0.2, 0) is 0 Å². The summed E-state index contributed by atoms with van der Waals surface area (Å²) in [4.78, 5) is 0. The molecule has 1 heteroatoms. The van der Waals surface area contributed by atoms with Crippen LogP contribution >= 0.6 is 0 Å². The summed E-state index contributed by atoms with van der Waals surface area (Å²) in [6.07, 6.45) is 2.61. The van der Waals surface area contributed by atoms with Crippen LogP contribution in [0.2, 0.25) is 0 Å². The van der Waals surface area contributed by atoms with E-state index in [0.717, 1.165) is 24.8 Å². The molecule has 0 unspecified atom stereocenters. The van der Waals surface area contributed by atoms with Gasteiger partial charge in [-0.3, -0.25) is 0 Å². The van der Waals surface area contributed by atoms with Gasteiger partial charge in [-0.1, -0.05) is 24.3 Å². The average Bonchev–Trinajstić information content (AvgIpc) is 1.85. The molecule has 0 spiro atoms. The monoisotopic (exact) mass is 152 g/mol. The van der Waals surface area contributed by atoms with Gasteiger partial charge in [0.05, 0.1) is 6.10 Å². The summed E-state index contributed by atoms with van der Waals surface area (Å²) in [5, 5.41) is 9.59. The lowest BCUT2D eigenvalue weighted by Crippen LogP contribution is -2.25. The first-order valence-corrected chi connectivity index (χ1v) is 4.11. The van der Waals surface area contributed by atoms with E-state index >= 15 is 0 Å². The van der Waals surface area contributed by atoms with Gasteiger partial charge in [-0.25, -0.2) is 0 Å². The van der Waals surface area contributed by atoms with Crippen LogP contribution in [0, 0.1) is 5.92 Å². The maximum Gasteiger partial charge on any atom is 0.0642 e. The fraction of sp³-hybridized carbons (Fsp3) is 0.600. The maximum absolute atomic E-state index is 9.59. The van der Waals surface area contributed by atoms with Gasteiger partial charge in [0.2, 0.25) is 0 Å². The van der Waals surface area contributed by atoms with E-state index in [4.69, 9.17) is 0 Å². The van der Waals surface area contributed by atoms with Crippen LogP contribution in [0.5, 0.6) is 0 Å². The highest BCUT2D eigenvalue weighted by Crippen LogP contribution is 2.31. The molecule has 0 aromatic rings. The first-order valence-electron chi connectivity index (χ1n) is 4.11. The van der Waals surface area contributed by atoms with Crippen LogP contribution in [0.25, 0.3) is 0 Å². The number of aliphatic hydroxyl groups excluding tert-OH is 1. The minimum atomic E-state index is -0.228. The molecule has 0 amide bonds. The predicted octanol–water partition coefficient (Wildman–Crippen LogP) is 2.28. The van der Waals surface area contributed by atoms with E-state index in [1.807, 2.05) is 6.92 Å². The molecule has 0 aromatic heterocycles. The Labute approximate surface area is 68.4 Å². The van der Waals surface area contributed by atoms with Gasteiger partial charge in [-0.15, -0.1) is 0 Å². The van der Waals surface area contributed by atoms with Gasteiger partial charge in [0.1, 0.15) is 0 Å². The van der Waals surface area contributed by atoms with Crippen molar-refractivity contribution >= 4 is 0 Å². The quantitative estimate of drug-likeness (QED) is 0.571. The van der Waals surface area contributed by atoms with Crippen LogP contribution < -0.4 is 0 Å². The SMILES string of the molecule is C=C1CC[C@@H](C(=C)C)[C@H](O)C1. The summed E-state index contributed by atoms with van der Waals surface area (Å²) in [7, 11) is 0. The van der Waals surface area contributed by atoms with Crippen molar-refractivity contribution in [3.8, 4) is 0 Å². The highest BCUT2D eigenvalue weighted by atomic mass is 16.3. The molecule has 0 bridgehead atoms. The Morgan fingerprint density at radius 2 is 2.27 bits per heavy atom. The molecule has 0 radical (unpaired) electrons. The zero-order chi connectivity index (χ0) is 8.43. The molecule has 1 nitrogen and oxygen atoms in total. The van der Waals surface area contributed by atoms with E-state index in [-0.39, 0.29) is 6.10 Å². The van der Waals surface area contributed by atoms with Gasteiger partial charge in [-0.05, 0) is 26.2 Å². The molecule has 62 valence electrons. The molecule has 1 N–H and O–H groups in total. The van der Waals surface area contributed by atoms with Gasteiger partial charge in [0.25, 0.3) is 0 Å². The third-order valence-corrected chi connectivity index (χ3v) is 2.40. The summed E-state index contributed by atoms with van der Waals surface area (Å²) >= 11 is 0. The van der Waals surface area contributed by atoms with Gasteiger partial charge < -0.3 is 5.11 Å². The van der Waals surface area contributed by atoms with Crippen molar-refractivity contribution in [2.75, 3.05) is 0 Å². The topological polar surface area (TPSA) is 20.2 Å². The van der Waals surface area contributed by atoms with E-state index in [9.17, 15) is 5.11 Å². The largest absolute Gasteiger partial charge is 0.392 e. The van der Waals surface area contributed by atoms with Gasteiger partial charge in [0, 0.05) is 5.92 Å². The lowest BCUT2D eigenvalue weighted by atomic mass is 9.80. The third-order valence-electron chi connectivity index (χ3n) is 2.40. The summed E-state index contributed by atoms with van der Waals surface area (Å²) in [6, 6.07) is 0. The molecule has 11 heavy (non-hydrogen) atoms. The molecule has 1 aliphatic carbocycles. The summed E-state index contributed by atoms with van der Waals surface area (Å²) in [5.41, 5.74) is 2.28. The lowest BCUT2D eigenvalue weighted by molar-refractivity contribution is 0.107. The minimum Gasteiger partial charge on any atom is -0.392 e. The zero-order valence-electron chi connectivity index (χ0n) is 7.14. The zero-order valence-corrected chi connectivity index (χ0v) is 7.14. The molecular formula is C10H16O. The Morgan fingerprint density at radius 3 is 2.73 bits per heavy atom. The Hall–Kier alpha value is -0.560. The van der Waals surface area contributed by atoms with Crippen LogP contribution in [0.3, 0.4) is 0 Å². The second kappa shape index (κ2) is 3.22. The van der Waals surface area contributed by atoms with Crippen molar-refractivity contribution in [3.05, 3.63) is 24.3 Å². The minimum absolute atomic E-state index is 0.228. The van der Waals surface area contributed by atoms with Crippen molar-refractivity contribution in [2.45, 2.75) is 32.3 Å². The summed E-state index contributed by atoms with van der Waals surface area (Å²) < 4.78 is 0. The van der Waals surface area contributed by atoms with Crippen LogP contribution in [-0.4, -0.2) is 11.2 Å². The lowest BCUT2D eigenvalue weighted by Gasteiger charge is -2.29. The molecule has 1 fully saturated rings. The van der Waals surface area contributed by atoms with E-state index in [0.29, 0.717) is 5.92 Å². The fourth-order valence-electron chi connectivity index (χ4n) is 1.67. The van der Waals surface area contributed by atoms with Gasteiger partial charge >= 0.3 is 0 Å². The molecule has 1 rings (SSSR count). The third kappa shape index (κ3) is 1.93. The Bertz CT molecular complexity index is 181. The maximum atomic E-state index is 9.59. The first kappa shape index (κ1) is 8.54. The second-order valence-electron chi connectivity index (χ2n) is 3.51. The standard InChI is InChI=1S/C10H16O/c1-7(2)9-5-4-8(3)6-10(9)11/h9-11H,1,3-6H2,2H3/t9-,10+/m0/s1. The van der Waals surface area contributed by atoms with Crippen molar-refractivity contribution in [1.82, 2.24) is 0 Å². The number of hydrogen-bond donors (Lipinski definition) is 1. The Kier molecular flexibility index (Phi) is 2.50.